The molecular formula is C15H24ClN5. The fourth-order valence-electron chi connectivity index (χ4n) is 3.41. The maximum atomic E-state index is 5.96. The summed E-state index contributed by atoms with van der Waals surface area (Å²) in [7, 11) is 2.00. The number of aromatic nitrogens is 4. The van der Waals surface area contributed by atoms with Crippen molar-refractivity contribution in [2.75, 3.05) is 19.0 Å². The van der Waals surface area contributed by atoms with E-state index in [1.54, 1.807) is 0 Å². The Morgan fingerprint density at radius 2 is 2.00 bits per heavy atom. The molecular weight excluding hydrogens is 286 g/mol. The molecule has 0 saturated carbocycles. The van der Waals surface area contributed by atoms with Crippen LogP contribution in [-0.4, -0.2) is 49.2 Å². The van der Waals surface area contributed by atoms with Gasteiger partial charge in [-0.3, -0.25) is 9.58 Å². The van der Waals surface area contributed by atoms with E-state index in [4.69, 9.17) is 16.6 Å². The van der Waals surface area contributed by atoms with Crippen LogP contribution in [0.1, 0.15) is 31.3 Å². The molecule has 1 atom stereocenters. The molecule has 2 aromatic heterocycles. The van der Waals surface area contributed by atoms with Crippen molar-refractivity contribution in [3.8, 4) is 0 Å². The van der Waals surface area contributed by atoms with Gasteiger partial charge in [0.15, 0.2) is 5.65 Å². The van der Waals surface area contributed by atoms with Crippen molar-refractivity contribution in [3.05, 3.63) is 11.5 Å². The third-order valence-electron chi connectivity index (χ3n) is 4.50. The monoisotopic (exact) mass is 309 g/mol. The van der Waals surface area contributed by atoms with E-state index in [-0.39, 0.29) is 0 Å². The molecule has 2 aromatic rings. The summed E-state index contributed by atoms with van der Waals surface area (Å²) < 4.78 is 4.27. The zero-order chi connectivity index (χ0) is 15.0. The zero-order valence-corrected chi connectivity index (χ0v) is 13.9. The van der Waals surface area contributed by atoms with Gasteiger partial charge >= 0.3 is 0 Å². The van der Waals surface area contributed by atoms with Crippen LogP contribution in [0.4, 0.5) is 0 Å². The van der Waals surface area contributed by atoms with E-state index in [1.807, 2.05) is 18.7 Å². The molecule has 3 heterocycles. The molecule has 3 rings (SSSR count). The van der Waals surface area contributed by atoms with Crippen molar-refractivity contribution in [2.45, 2.75) is 45.7 Å². The van der Waals surface area contributed by atoms with Crippen molar-refractivity contribution in [1.29, 1.82) is 0 Å². The van der Waals surface area contributed by atoms with Crippen LogP contribution in [0.5, 0.6) is 0 Å². The quantitative estimate of drug-likeness (QED) is 0.796. The first kappa shape index (κ1) is 14.9. The highest BCUT2D eigenvalue weighted by Gasteiger charge is 2.22. The number of nitrogens with zero attached hydrogens (tertiary/aromatic N) is 5. The number of imidazole rings is 1. The highest BCUT2D eigenvalue weighted by molar-refractivity contribution is 6.17. The zero-order valence-electron chi connectivity index (χ0n) is 13.1. The van der Waals surface area contributed by atoms with Gasteiger partial charge in [0.2, 0.25) is 0 Å². The molecule has 0 aliphatic carbocycles. The number of rotatable bonds is 5. The molecule has 0 amide bonds. The minimum atomic E-state index is 0.522. The molecule has 1 unspecified atom stereocenters. The summed E-state index contributed by atoms with van der Waals surface area (Å²) in [5, 5.41) is 4.50. The van der Waals surface area contributed by atoms with Crippen LogP contribution in [0.25, 0.3) is 11.2 Å². The number of halogens is 1. The van der Waals surface area contributed by atoms with Gasteiger partial charge in [-0.05, 0) is 39.8 Å². The summed E-state index contributed by atoms with van der Waals surface area (Å²) in [6, 6.07) is 0.522. The first-order valence-corrected chi connectivity index (χ1v) is 8.34. The Kier molecular flexibility index (Phi) is 4.22. The molecule has 1 aliphatic rings. The lowest BCUT2D eigenvalue weighted by molar-refractivity contribution is 0.235. The lowest BCUT2D eigenvalue weighted by Gasteiger charge is -2.25. The fraction of sp³-hybridized carbons (Fsp3) is 0.733. The lowest BCUT2D eigenvalue weighted by Crippen LogP contribution is -2.34. The van der Waals surface area contributed by atoms with Gasteiger partial charge in [0, 0.05) is 31.9 Å². The van der Waals surface area contributed by atoms with E-state index in [1.165, 1.54) is 25.9 Å². The first-order valence-electron chi connectivity index (χ1n) is 7.80. The van der Waals surface area contributed by atoms with Gasteiger partial charge in [-0.15, -0.1) is 11.6 Å². The highest BCUT2D eigenvalue weighted by Crippen LogP contribution is 2.22. The third kappa shape index (κ3) is 2.69. The Morgan fingerprint density at radius 1 is 1.29 bits per heavy atom. The minimum Gasteiger partial charge on any atom is -0.311 e. The standard InChI is InChI=1S/C15H24ClN5/c1-11(20-8-4-5-9-20)10-21-13(6-7-16)17-14-12(2)18-19(3)15(14)21/h11H,4-10H2,1-3H3. The fourth-order valence-corrected chi connectivity index (χ4v) is 3.58. The van der Waals surface area contributed by atoms with Gasteiger partial charge < -0.3 is 4.57 Å². The Bertz CT molecular complexity index is 624. The molecule has 0 radical (unpaired) electrons. The predicted octanol–water partition coefficient (Wildman–Crippen LogP) is 2.34. The number of aryl methyl sites for hydroxylation is 3. The van der Waals surface area contributed by atoms with E-state index in [0.29, 0.717) is 11.9 Å². The highest BCUT2D eigenvalue weighted by atomic mass is 35.5. The molecule has 1 fully saturated rings. The van der Waals surface area contributed by atoms with Gasteiger partial charge in [0.05, 0.1) is 5.69 Å². The van der Waals surface area contributed by atoms with E-state index in [9.17, 15) is 0 Å². The summed E-state index contributed by atoms with van der Waals surface area (Å²) in [4.78, 5) is 7.35. The molecule has 0 spiro atoms. The predicted molar refractivity (Wildman–Crippen MR) is 85.9 cm³/mol. The second-order valence-electron chi connectivity index (χ2n) is 6.05. The van der Waals surface area contributed by atoms with Crippen LogP contribution in [0.3, 0.4) is 0 Å². The van der Waals surface area contributed by atoms with Gasteiger partial charge in [0.25, 0.3) is 0 Å². The molecule has 21 heavy (non-hydrogen) atoms. The largest absolute Gasteiger partial charge is 0.311 e. The summed E-state index contributed by atoms with van der Waals surface area (Å²) in [6.07, 6.45) is 3.45. The summed E-state index contributed by atoms with van der Waals surface area (Å²) in [6.45, 7) is 7.73. The van der Waals surface area contributed by atoms with Crippen molar-refractivity contribution in [3.63, 3.8) is 0 Å². The van der Waals surface area contributed by atoms with E-state index >= 15 is 0 Å². The SMILES string of the molecule is Cc1nn(C)c2c1nc(CCCl)n2CC(C)N1CCCC1. The van der Waals surface area contributed by atoms with Crippen LogP contribution in [0.2, 0.25) is 0 Å². The van der Waals surface area contributed by atoms with Crippen LogP contribution < -0.4 is 0 Å². The number of fused-ring (bicyclic) bond motifs is 1. The molecule has 0 bridgehead atoms. The van der Waals surface area contributed by atoms with Gasteiger partial charge in [-0.25, -0.2) is 4.98 Å². The molecule has 1 saturated heterocycles. The number of alkyl halides is 1. The average Bonchev–Trinajstić information content (AvgIpc) is 3.12. The molecule has 0 aromatic carbocycles. The number of hydrogen-bond donors (Lipinski definition) is 0. The second-order valence-corrected chi connectivity index (χ2v) is 6.43. The first-order chi connectivity index (χ1) is 10.1. The van der Waals surface area contributed by atoms with Crippen LogP contribution in [0, 0.1) is 6.92 Å². The topological polar surface area (TPSA) is 38.9 Å². The number of hydrogen-bond acceptors (Lipinski definition) is 3. The summed E-state index contributed by atoms with van der Waals surface area (Å²) >= 11 is 5.96. The third-order valence-corrected chi connectivity index (χ3v) is 4.69. The number of likely N-dealkylation sites (tertiary alicyclic amines) is 1. The van der Waals surface area contributed by atoms with E-state index in [2.05, 4.69) is 21.5 Å². The molecule has 1 aliphatic heterocycles. The Morgan fingerprint density at radius 3 is 2.67 bits per heavy atom. The second kappa shape index (κ2) is 5.97. The normalized spacial score (nSPS) is 17.9. The molecule has 5 nitrogen and oxygen atoms in total. The van der Waals surface area contributed by atoms with Crippen LogP contribution in [0.15, 0.2) is 0 Å². The summed E-state index contributed by atoms with van der Waals surface area (Å²) in [5.74, 6) is 1.69. The van der Waals surface area contributed by atoms with E-state index < -0.39 is 0 Å². The van der Waals surface area contributed by atoms with Crippen molar-refractivity contribution >= 4 is 22.8 Å². The van der Waals surface area contributed by atoms with Crippen LogP contribution >= 0.6 is 11.6 Å². The summed E-state index contributed by atoms with van der Waals surface area (Å²) in [5.41, 5.74) is 3.14. The van der Waals surface area contributed by atoms with Gasteiger partial charge in [-0.2, -0.15) is 5.10 Å². The smallest absolute Gasteiger partial charge is 0.158 e. The maximum Gasteiger partial charge on any atom is 0.158 e. The van der Waals surface area contributed by atoms with Gasteiger partial charge in [0.1, 0.15) is 11.3 Å². The average molecular weight is 310 g/mol. The van der Waals surface area contributed by atoms with Crippen molar-refractivity contribution in [1.82, 2.24) is 24.2 Å². The Hall–Kier alpha value is -1.07. The molecule has 6 heteroatoms. The minimum absolute atomic E-state index is 0.522. The molecule has 0 N–H and O–H groups in total. The molecule has 116 valence electrons. The maximum absolute atomic E-state index is 5.96. The lowest BCUT2D eigenvalue weighted by atomic mass is 10.3. The van der Waals surface area contributed by atoms with Gasteiger partial charge in [-0.1, -0.05) is 0 Å². The Labute approximate surface area is 130 Å². The Balaban J connectivity index is 1.96. The van der Waals surface area contributed by atoms with E-state index in [0.717, 1.165) is 35.6 Å². The van der Waals surface area contributed by atoms with Crippen LogP contribution in [-0.2, 0) is 20.0 Å². The van der Waals surface area contributed by atoms with Crippen molar-refractivity contribution in [2.24, 2.45) is 7.05 Å². The van der Waals surface area contributed by atoms with Crippen molar-refractivity contribution < 1.29 is 0 Å².